The van der Waals surface area contributed by atoms with Crippen molar-refractivity contribution in [2.45, 2.75) is 24.2 Å². The van der Waals surface area contributed by atoms with Crippen molar-refractivity contribution < 1.29 is 17.6 Å². The minimum absolute atomic E-state index is 0.0921. The molecule has 1 heterocycles. The Labute approximate surface area is 158 Å². The smallest absolute Gasteiger partial charge is 0.241 e. The molecule has 0 saturated carbocycles. The van der Waals surface area contributed by atoms with Crippen LogP contribution in [0.5, 0.6) is 0 Å². The van der Waals surface area contributed by atoms with Gasteiger partial charge in [-0.1, -0.05) is 17.9 Å². The second-order valence-electron chi connectivity index (χ2n) is 6.13. The largest absolute Gasteiger partial charge is 0.312 e. The highest BCUT2D eigenvalue weighted by molar-refractivity contribution is 7.89. The molecule has 5 nitrogen and oxygen atoms in total. The van der Waals surface area contributed by atoms with Crippen molar-refractivity contribution >= 4 is 21.6 Å². The molecule has 7 heteroatoms. The van der Waals surface area contributed by atoms with Crippen LogP contribution in [0.4, 0.5) is 10.1 Å². The van der Waals surface area contributed by atoms with Crippen molar-refractivity contribution in [1.82, 2.24) is 4.72 Å². The summed E-state index contributed by atoms with van der Waals surface area (Å²) in [7, 11) is -3.80. The third-order valence-electron chi connectivity index (χ3n) is 4.19. The first-order valence-electron chi connectivity index (χ1n) is 8.60. The van der Waals surface area contributed by atoms with Gasteiger partial charge in [-0.3, -0.25) is 4.79 Å². The van der Waals surface area contributed by atoms with E-state index in [0.29, 0.717) is 12.0 Å². The van der Waals surface area contributed by atoms with Gasteiger partial charge in [0.1, 0.15) is 5.82 Å². The van der Waals surface area contributed by atoms with Gasteiger partial charge in [0.2, 0.25) is 15.9 Å². The first-order chi connectivity index (χ1) is 13.0. The molecule has 0 bridgehead atoms. The van der Waals surface area contributed by atoms with Crippen LogP contribution in [-0.2, 0) is 14.8 Å². The number of halogens is 1. The Balaban J connectivity index is 1.60. The summed E-state index contributed by atoms with van der Waals surface area (Å²) in [5.41, 5.74) is 1.56. The van der Waals surface area contributed by atoms with E-state index in [9.17, 15) is 17.6 Å². The van der Waals surface area contributed by atoms with Gasteiger partial charge in [-0.15, -0.1) is 0 Å². The lowest BCUT2D eigenvalue weighted by molar-refractivity contribution is -0.119. The standard InChI is InChI=1S/C20H19FN2O3S/c21-17-6-3-7-19(15-17)27(25,26)22-13-4-5-16-9-11-18(12-10-16)23-14-2-1-8-20(23)24/h3,6-7,9-12,15,22H,1-2,8,13-14H2. The third-order valence-corrected chi connectivity index (χ3v) is 5.59. The van der Waals surface area contributed by atoms with E-state index in [1.807, 2.05) is 12.1 Å². The van der Waals surface area contributed by atoms with Crippen LogP contribution in [0.3, 0.4) is 0 Å². The maximum Gasteiger partial charge on any atom is 0.241 e. The zero-order valence-electron chi connectivity index (χ0n) is 14.6. The van der Waals surface area contributed by atoms with Gasteiger partial charge in [-0.05, 0) is 55.3 Å². The average Bonchev–Trinajstić information content (AvgIpc) is 2.66. The number of anilines is 1. The molecule has 27 heavy (non-hydrogen) atoms. The summed E-state index contributed by atoms with van der Waals surface area (Å²) in [5.74, 6) is 5.12. The molecule has 1 fully saturated rings. The average molecular weight is 386 g/mol. The molecule has 2 aromatic carbocycles. The van der Waals surface area contributed by atoms with Crippen LogP contribution in [0.25, 0.3) is 0 Å². The minimum atomic E-state index is -3.80. The van der Waals surface area contributed by atoms with Crippen molar-refractivity contribution in [3.05, 3.63) is 59.9 Å². The molecule has 2 aromatic rings. The number of carbonyl (C=O) groups excluding carboxylic acids is 1. The first-order valence-corrected chi connectivity index (χ1v) is 10.1. The third kappa shape index (κ3) is 4.94. The fourth-order valence-corrected chi connectivity index (χ4v) is 3.75. The van der Waals surface area contributed by atoms with Crippen LogP contribution in [-0.4, -0.2) is 27.4 Å². The lowest BCUT2D eigenvalue weighted by Gasteiger charge is -2.26. The molecule has 3 rings (SSSR count). The number of carbonyl (C=O) groups is 1. The zero-order valence-corrected chi connectivity index (χ0v) is 15.4. The number of nitrogens with zero attached hydrogens (tertiary/aromatic N) is 1. The van der Waals surface area contributed by atoms with E-state index in [-0.39, 0.29) is 17.3 Å². The molecular formula is C20H19FN2O3S. The molecule has 1 amide bonds. The molecule has 1 aliphatic heterocycles. The van der Waals surface area contributed by atoms with E-state index in [1.54, 1.807) is 17.0 Å². The SMILES string of the molecule is O=C1CCCCN1c1ccc(C#CCNS(=O)(=O)c2cccc(F)c2)cc1. The maximum absolute atomic E-state index is 13.2. The Morgan fingerprint density at radius 3 is 2.59 bits per heavy atom. The van der Waals surface area contributed by atoms with Crippen molar-refractivity contribution in [3.8, 4) is 11.8 Å². The Bertz CT molecular complexity index is 992. The normalized spacial score (nSPS) is 14.6. The van der Waals surface area contributed by atoms with Gasteiger partial charge in [0.15, 0.2) is 0 Å². The molecule has 0 aromatic heterocycles. The van der Waals surface area contributed by atoms with Crippen LogP contribution in [0.15, 0.2) is 53.4 Å². The summed E-state index contributed by atoms with van der Waals surface area (Å²) >= 11 is 0. The van der Waals surface area contributed by atoms with Crippen LogP contribution >= 0.6 is 0 Å². The number of amides is 1. The molecule has 0 atom stereocenters. The Hall–Kier alpha value is -2.69. The van der Waals surface area contributed by atoms with Gasteiger partial charge in [0.05, 0.1) is 11.4 Å². The van der Waals surface area contributed by atoms with Crippen molar-refractivity contribution in [3.63, 3.8) is 0 Å². The Morgan fingerprint density at radius 2 is 1.89 bits per heavy atom. The Morgan fingerprint density at radius 1 is 1.11 bits per heavy atom. The zero-order chi connectivity index (χ0) is 19.3. The summed E-state index contributed by atoms with van der Waals surface area (Å²) in [5, 5.41) is 0. The fraction of sp³-hybridized carbons (Fsp3) is 0.250. The topological polar surface area (TPSA) is 66.5 Å². The van der Waals surface area contributed by atoms with Gasteiger partial charge >= 0.3 is 0 Å². The molecule has 1 N–H and O–H groups in total. The van der Waals surface area contributed by atoms with E-state index in [2.05, 4.69) is 16.6 Å². The molecular weight excluding hydrogens is 367 g/mol. The van der Waals surface area contributed by atoms with Crippen molar-refractivity contribution in [2.75, 3.05) is 18.0 Å². The minimum Gasteiger partial charge on any atom is -0.312 e. The van der Waals surface area contributed by atoms with E-state index >= 15 is 0 Å². The summed E-state index contributed by atoms with van der Waals surface area (Å²) < 4.78 is 39.6. The molecule has 0 spiro atoms. The van der Waals surface area contributed by atoms with Crippen LogP contribution in [0.1, 0.15) is 24.8 Å². The number of sulfonamides is 1. The second-order valence-corrected chi connectivity index (χ2v) is 7.90. The van der Waals surface area contributed by atoms with Crippen molar-refractivity contribution in [1.29, 1.82) is 0 Å². The van der Waals surface area contributed by atoms with Crippen LogP contribution in [0, 0.1) is 17.7 Å². The highest BCUT2D eigenvalue weighted by Crippen LogP contribution is 2.21. The van der Waals surface area contributed by atoms with Crippen LogP contribution in [0.2, 0.25) is 0 Å². The predicted octanol–water partition coefficient (Wildman–Crippen LogP) is 2.67. The summed E-state index contributed by atoms with van der Waals surface area (Å²) in [4.78, 5) is 13.6. The predicted molar refractivity (Wildman–Crippen MR) is 101 cm³/mol. The highest BCUT2D eigenvalue weighted by Gasteiger charge is 2.19. The lowest BCUT2D eigenvalue weighted by Crippen LogP contribution is -2.35. The number of piperidine rings is 1. The number of hydrogen-bond acceptors (Lipinski definition) is 3. The molecule has 1 aliphatic rings. The number of nitrogens with one attached hydrogen (secondary N) is 1. The summed E-state index contributed by atoms with van der Waals surface area (Å²) in [6, 6.07) is 12.1. The number of rotatable bonds is 4. The quantitative estimate of drug-likeness (QED) is 0.822. The van der Waals surface area contributed by atoms with E-state index in [1.165, 1.54) is 18.2 Å². The lowest BCUT2D eigenvalue weighted by atomic mass is 10.1. The second kappa shape index (κ2) is 8.33. The molecule has 140 valence electrons. The maximum atomic E-state index is 13.2. The van der Waals surface area contributed by atoms with E-state index in [4.69, 9.17) is 0 Å². The van der Waals surface area contributed by atoms with Crippen molar-refractivity contribution in [2.24, 2.45) is 0 Å². The molecule has 0 aliphatic carbocycles. The van der Waals surface area contributed by atoms with Crippen LogP contribution < -0.4 is 9.62 Å². The summed E-state index contributed by atoms with van der Waals surface area (Å²) in [6.07, 6.45) is 2.51. The van der Waals surface area contributed by atoms with Gasteiger partial charge in [-0.2, -0.15) is 4.72 Å². The van der Waals surface area contributed by atoms with Gasteiger partial charge in [0.25, 0.3) is 0 Å². The first kappa shape index (κ1) is 19.1. The fourth-order valence-electron chi connectivity index (χ4n) is 2.80. The Kier molecular flexibility index (Phi) is 5.89. The molecule has 0 radical (unpaired) electrons. The van der Waals surface area contributed by atoms with E-state index < -0.39 is 15.8 Å². The molecule has 1 saturated heterocycles. The number of hydrogen-bond donors (Lipinski definition) is 1. The molecule has 0 unspecified atom stereocenters. The van der Waals surface area contributed by atoms with Gasteiger partial charge in [-0.25, -0.2) is 12.8 Å². The highest BCUT2D eigenvalue weighted by atomic mass is 32.2. The van der Waals surface area contributed by atoms with Gasteiger partial charge in [0, 0.05) is 24.2 Å². The summed E-state index contributed by atoms with van der Waals surface area (Å²) in [6.45, 7) is 0.636. The number of benzene rings is 2. The monoisotopic (exact) mass is 386 g/mol. The van der Waals surface area contributed by atoms with E-state index in [0.717, 1.165) is 31.1 Å². The van der Waals surface area contributed by atoms with Gasteiger partial charge < -0.3 is 4.90 Å².